The molecule has 0 aromatic rings. The second-order valence-electron chi connectivity index (χ2n) is 2.47. The van der Waals surface area contributed by atoms with E-state index in [0.29, 0.717) is 13.1 Å². The van der Waals surface area contributed by atoms with E-state index in [-0.39, 0.29) is 0 Å². The largest absolute Gasteiger partial charge is 0.303 e. The first-order valence-corrected chi connectivity index (χ1v) is 5.54. The van der Waals surface area contributed by atoms with E-state index < -0.39 is 10.2 Å². The first-order chi connectivity index (χ1) is 5.49. The van der Waals surface area contributed by atoms with Crippen LogP contribution in [0.3, 0.4) is 0 Å². The molecule has 0 spiro atoms. The minimum absolute atomic E-state index is 0.376. The third kappa shape index (κ3) is 6.53. The van der Waals surface area contributed by atoms with Gasteiger partial charge in [0.05, 0.1) is 0 Å². The molecule has 0 atom stereocenters. The molecule has 0 heterocycles. The summed E-state index contributed by atoms with van der Waals surface area (Å²) >= 11 is 0. The molecule has 0 rings (SSSR count). The Morgan fingerprint density at radius 1 is 1.33 bits per heavy atom. The minimum atomic E-state index is -3.51. The zero-order valence-corrected chi connectivity index (χ0v) is 8.39. The van der Waals surface area contributed by atoms with Gasteiger partial charge in [-0.3, -0.25) is 0 Å². The van der Waals surface area contributed by atoms with E-state index in [0.717, 1.165) is 13.1 Å². The molecule has 0 aromatic carbocycles. The van der Waals surface area contributed by atoms with Crippen LogP contribution in [-0.2, 0) is 10.2 Å². The third-order valence-corrected chi connectivity index (χ3v) is 2.23. The lowest BCUT2D eigenvalue weighted by atomic mass is 10.5. The molecule has 74 valence electrons. The van der Waals surface area contributed by atoms with Gasteiger partial charge in [-0.05, 0) is 13.1 Å². The maximum Gasteiger partial charge on any atom is 0.274 e. The summed E-state index contributed by atoms with van der Waals surface area (Å²) in [6.45, 7) is 6.97. The quantitative estimate of drug-likeness (QED) is 0.578. The first kappa shape index (κ1) is 11.8. The normalized spacial score (nSPS) is 12.3. The molecule has 12 heavy (non-hydrogen) atoms. The van der Waals surface area contributed by atoms with E-state index in [4.69, 9.17) is 5.14 Å². The number of likely N-dealkylation sites (N-methyl/N-ethyl adjacent to an activating group) is 1. The maximum absolute atomic E-state index is 10.4. The van der Waals surface area contributed by atoms with E-state index in [1.54, 1.807) is 0 Å². The van der Waals surface area contributed by atoms with E-state index >= 15 is 0 Å². The van der Waals surface area contributed by atoms with E-state index in [1.807, 2.05) is 13.8 Å². The average molecular weight is 195 g/mol. The summed E-state index contributed by atoms with van der Waals surface area (Å²) in [5.74, 6) is 0. The highest BCUT2D eigenvalue weighted by Gasteiger charge is 2.02. The molecule has 0 aromatic heterocycles. The Labute approximate surface area is 74.1 Å². The van der Waals surface area contributed by atoms with Crippen LogP contribution in [0.1, 0.15) is 13.8 Å². The average Bonchev–Trinajstić information content (AvgIpc) is 1.96. The standard InChI is InChI=1S/C6H17N3O2S/c1-3-9(4-2)6-5-8-12(7,10)11/h8H,3-6H2,1-2H3,(H2,7,10,11). The SMILES string of the molecule is CCN(CC)CCNS(N)(=O)=O. The summed E-state index contributed by atoms with van der Waals surface area (Å²) in [6, 6.07) is 0. The van der Waals surface area contributed by atoms with Crippen molar-refractivity contribution in [2.45, 2.75) is 13.8 Å². The molecule has 0 radical (unpaired) electrons. The lowest BCUT2D eigenvalue weighted by Crippen LogP contribution is -2.37. The molecule has 5 nitrogen and oxygen atoms in total. The van der Waals surface area contributed by atoms with Gasteiger partial charge in [0, 0.05) is 13.1 Å². The number of hydrogen-bond donors (Lipinski definition) is 2. The van der Waals surface area contributed by atoms with Crippen LogP contribution < -0.4 is 9.86 Å². The van der Waals surface area contributed by atoms with Gasteiger partial charge in [0.2, 0.25) is 0 Å². The summed E-state index contributed by atoms with van der Waals surface area (Å²) in [4.78, 5) is 2.11. The molecule has 0 saturated heterocycles. The zero-order chi connectivity index (χ0) is 9.61. The van der Waals surface area contributed by atoms with Crippen molar-refractivity contribution in [3.8, 4) is 0 Å². The molecule has 0 fully saturated rings. The Bertz CT molecular complexity index is 199. The lowest BCUT2D eigenvalue weighted by Gasteiger charge is -2.17. The number of nitrogens with two attached hydrogens (primary N) is 1. The highest BCUT2D eigenvalue weighted by atomic mass is 32.2. The Morgan fingerprint density at radius 2 is 1.83 bits per heavy atom. The molecule has 0 aliphatic carbocycles. The van der Waals surface area contributed by atoms with Crippen LogP contribution in [0.25, 0.3) is 0 Å². The Balaban J connectivity index is 3.55. The first-order valence-electron chi connectivity index (χ1n) is 3.99. The number of rotatable bonds is 6. The van der Waals surface area contributed by atoms with Crippen LogP contribution in [-0.4, -0.2) is 39.5 Å². The molecule has 6 heteroatoms. The van der Waals surface area contributed by atoms with Crippen molar-refractivity contribution in [2.24, 2.45) is 5.14 Å². The molecular formula is C6H17N3O2S. The van der Waals surface area contributed by atoms with Crippen LogP contribution in [0.15, 0.2) is 0 Å². The number of hydrogen-bond acceptors (Lipinski definition) is 3. The summed E-state index contributed by atoms with van der Waals surface area (Å²) < 4.78 is 23.1. The summed E-state index contributed by atoms with van der Waals surface area (Å²) in [5, 5.41) is 4.75. The molecule has 0 unspecified atom stereocenters. The third-order valence-electron chi connectivity index (χ3n) is 1.63. The zero-order valence-electron chi connectivity index (χ0n) is 7.58. The summed E-state index contributed by atoms with van der Waals surface area (Å²) in [7, 11) is -3.51. The van der Waals surface area contributed by atoms with Crippen LogP contribution in [0, 0.1) is 0 Å². The molecule has 0 aliphatic heterocycles. The molecular weight excluding hydrogens is 178 g/mol. The van der Waals surface area contributed by atoms with Gasteiger partial charge in [-0.1, -0.05) is 13.8 Å². The molecule has 3 N–H and O–H groups in total. The van der Waals surface area contributed by atoms with Crippen molar-refractivity contribution in [3.05, 3.63) is 0 Å². The Hall–Kier alpha value is -0.170. The highest BCUT2D eigenvalue weighted by molar-refractivity contribution is 7.87. The maximum atomic E-state index is 10.4. The Kier molecular flexibility index (Phi) is 5.39. The van der Waals surface area contributed by atoms with Gasteiger partial charge in [-0.15, -0.1) is 0 Å². The fourth-order valence-corrected chi connectivity index (χ4v) is 1.26. The van der Waals surface area contributed by atoms with Crippen LogP contribution >= 0.6 is 0 Å². The van der Waals surface area contributed by atoms with Gasteiger partial charge in [0.25, 0.3) is 10.2 Å². The topological polar surface area (TPSA) is 75.4 Å². The van der Waals surface area contributed by atoms with Gasteiger partial charge < -0.3 is 4.90 Å². The fraction of sp³-hybridized carbons (Fsp3) is 1.00. The molecule has 0 saturated carbocycles. The summed E-state index contributed by atoms with van der Waals surface area (Å²) in [6.07, 6.45) is 0. The second-order valence-corrected chi connectivity index (χ2v) is 3.84. The van der Waals surface area contributed by atoms with Crippen LogP contribution in [0.5, 0.6) is 0 Å². The van der Waals surface area contributed by atoms with Gasteiger partial charge >= 0.3 is 0 Å². The molecule has 0 amide bonds. The highest BCUT2D eigenvalue weighted by Crippen LogP contribution is 1.84. The van der Waals surface area contributed by atoms with Gasteiger partial charge in [0.15, 0.2) is 0 Å². The Morgan fingerprint density at radius 3 is 2.17 bits per heavy atom. The fourth-order valence-electron chi connectivity index (χ4n) is 0.886. The summed E-state index contributed by atoms with van der Waals surface area (Å²) in [5.41, 5.74) is 0. The van der Waals surface area contributed by atoms with E-state index in [9.17, 15) is 8.42 Å². The van der Waals surface area contributed by atoms with Crippen LogP contribution in [0.4, 0.5) is 0 Å². The van der Waals surface area contributed by atoms with Crippen molar-refractivity contribution in [3.63, 3.8) is 0 Å². The predicted octanol–water partition coefficient (Wildman–Crippen LogP) is -0.879. The van der Waals surface area contributed by atoms with Crippen molar-refractivity contribution in [1.29, 1.82) is 0 Å². The van der Waals surface area contributed by atoms with Crippen LogP contribution in [0.2, 0.25) is 0 Å². The molecule has 0 bridgehead atoms. The second kappa shape index (κ2) is 5.47. The van der Waals surface area contributed by atoms with Crippen molar-refractivity contribution in [1.82, 2.24) is 9.62 Å². The van der Waals surface area contributed by atoms with E-state index in [2.05, 4.69) is 9.62 Å². The molecule has 0 aliphatic rings. The van der Waals surface area contributed by atoms with Gasteiger partial charge in [-0.25, -0.2) is 9.86 Å². The van der Waals surface area contributed by atoms with Gasteiger partial charge in [0.1, 0.15) is 0 Å². The van der Waals surface area contributed by atoms with Crippen molar-refractivity contribution in [2.75, 3.05) is 26.2 Å². The van der Waals surface area contributed by atoms with E-state index in [1.165, 1.54) is 0 Å². The van der Waals surface area contributed by atoms with Crippen molar-refractivity contribution < 1.29 is 8.42 Å². The predicted molar refractivity (Wildman–Crippen MR) is 48.9 cm³/mol. The smallest absolute Gasteiger partial charge is 0.274 e. The van der Waals surface area contributed by atoms with Gasteiger partial charge in [-0.2, -0.15) is 8.42 Å². The number of nitrogens with zero attached hydrogens (tertiary/aromatic N) is 1. The monoisotopic (exact) mass is 195 g/mol. The lowest BCUT2D eigenvalue weighted by molar-refractivity contribution is 0.309. The van der Waals surface area contributed by atoms with Crippen molar-refractivity contribution >= 4 is 10.2 Å². The number of nitrogens with one attached hydrogen (secondary N) is 1. The minimum Gasteiger partial charge on any atom is -0.303 e.